The highest BCUT2D eigenvalue weighted by atomic mass is 16.6. The summed E-state index contributed by atoms with van der Waals surface area (Å²) in [5.74, 6) is 0.486. The molecule has 1 amide bonds. The molecule has 1 aromatic carbocycles. The number of nitrogens with two attached hydrogens (primary N) is 1. The lowest BCUT2D eigenvalue weighted by Crippen LogP contribution is -2.41. The Morgan fingerprint density at radius 2 is 2.12 bits per heavy atom. The highest BCUT2D eigenvalue weighted by molar-refractivity contribution is 5.68. The average Bonchev–Trinajstić information content (AvgIpc) is 2.91. The minimum absolute atomic E-state index is 0.314. The van der Waals surface area contributed by atoms with E-state index in [-0.39, 0.29) is 0 Å². The summed E-state index contributed by atoms with van der Waals surface area (Å²) in [5.41, 5.74) is 6.82. The molecule has 0 saturated heterocycles. The van der Waals surface area contributed by atoms with Gasteiger partial charge in [-0.1, -0.05) is 12.1 Å². The lowest BCUT2D eigenvalue weighted by Gasteiger charge is -2.25. The van der Waals surface area contributed by atoms with Crippen molar-refractivity contribution in [1.29, 1.82) is 0 Å². The summed E-state index contributed by atoms with van der Waals surface area (Å²) < 4.78 is 12.9. The van der Waals surface area contributed by atoms with Crippen LogP contribution in [0.5, 0.6) is 0 Å². The Labute approximate surface area is 153 Å². The van der Waals surface area contributed by atoms with Gasteiger partial charge in [-0.15, -0.1) is 0 Å². The second-order valence-corrected chi connectivity index (χ2v) is 7.19. The Balaban J connectivity index is 2.09. The quantitative estimate of drug-likeness (QED) is 0.766. The first-order chi connectivity index (χ1) is 12.1. The predicted molar refractivity (Wildman–Crippen MR) is 98.2 cm³/mol. The Bertz CT molecular complexity index is 738. The minimum atomic E-state index is -0.578. The number of aryl methyl sites for hydroxylation is 1. The molecule has 142 valence electrons. The fourth-order valence-corrected chi connectivity index (χ4v) is 2.37. The van der Waals surface area contributed by atoms with Gasteiger partial charge in [0, 0.05) is 12.7 Å². The van der Waals surface area contributed by atoms with Gasteiger partial charge in [-0.05, 0) is 45.4 Å². The number of benzene rings is 1. The van der Waals surface area contributed by atoms with Gasteiger partial charge in [-0.3, -0.25) is 4.68 Å². The number of anilines is 1. The number of hydrogen-bond acceptors (Lipinski definition) is 6. The number of hydrogen-bond donors (Lipinski definition) is 2. The van der Waals surface area contributed by atoms with E-state index in [0.717, 1.165) is 5.56 Å². The van der Waals surface area contributed by atoms with Gasteiger partial charge in [0.1, 0.15) is 18.0 Å². The normalized spacial score (nSPS) is 13.9. The van der Waals surface area contributed by atoms with Crippen molar-refractivity contribution in [1.82, 2.24) is 20.1 Å². The number of nitrogens with zero attached hydrogens (tertiary/aromatic N) is 3. The first kappa shape index (κ1) is 19.7. The van der Waals surface area contributed by atoms with Gasteiger partial charge >= 0.3 is 6.09 Å². The average molecular weight is 361 g/mol. The number of aromatic nitrogens is 3. The fourth-order valence-electron chi connectivity index (χ4n) is 2.37. The maximum Gasteiger partial charge on any atom is 0.407 e. The molecule has 0 saturated carbocycles. The van der Waals surface area contributed by atoms with Crippen LogP contribution in [-0.2, 0) is 23.1 Å². The van der Waals surface area contributed by atoms with Crippen LogP contribution in [0, 0.1) is 0 Å². The zero-order valence-electron chi connectivity index (χ0n) is 15.9. The molecular formula is C18H27N5O3. The zero-order chi connectivity index (χ0) is 19.3. The van der Waals surface area contributed by atoms with Crippen LogP contribution < -0.4 is 11.1 Å². The highest BCUT2D eigenvalue weighted by Gasteiger charge is 2.27. The SMILES string of the molecule is CC(NC(=O)OC(C)(C)C)C(OCc1cccc(N)c1)c1ncn(C)n1. The molecule has 2 aromatic rings. The smallest absolute Gasteiger partial charge is 0.407 e. The molecule has 0 aliphatic heterocycles. The summed E-state index contributed by atoms with van der Waals surface area (Å²) >= 11 is 0. The van der Waals surface area contributed by atoms with Crippen LogP contribution in [0.3, 0.4) is 0 Å². The number of carbonyl (C=O) groups excluding carboxylic acids is 1. The minimum Gasteiger partial charge on any atom is -0.444 e. The van der Waals surface area contributed by atoms with E-state index in [4.69, 9.17) is 15.2 Å². The number of ether oxygens (including phenoxy) is 2. The Morgan fingerprint density at radius 1 is 1.38 bits per heavy atom. The topological polar surface area (TPSA) is 104 Å². The molecular weight excluding hydrogens is 334 g/mol. The number of rotatable bonds is 6. The Morgan fingerprint density at radius 3 is 2.69 bits per heavy atom. The molecule has 0 aliphatic carbocycles. The van der Waals surface area contributed by atoms with E-state index in [2.05, 4.69) is 15.4 Å². The molecule has 1 heterocycles. The van der Waals surface area contributed by atoms with Crippen molar-refractivity contribution in [2.24, 2.45) is 7.05 Å². The number of carbonyl (C=O) groups is 1. The molecule has 2 rings (SSSR count). The molecule has 8 heteroatoms. The van der Waals surface area contributed by atoms with Gasteiger partial charge in [0.15, 0.2) is 5.82 Å². The lowest BCUT2D eigenvalue weighted by atomic mass is 10.1. The van der Waals surface area contributed by atoms with Crippen LogP contribution in [0.1, 0.15) is 45.2 Å². The Kier molecular flexibility index (Phi) is 6.20. The molecule has 2 unspecified atom stereocenters. The maximum absolute atomic E-state index is 12.1. The number of amides is 1. The van der Waals surface area contributed by atoms with Gasteiger partial charge in [-0.25, -0.2) is 9.78 Å². The summed E-state index contributed by atoms with van der Waals surface area (Å²) in [6.45, 7) is 7.57. The third kappa shape index (κ3) is 6.03. The van der Waals surface area contributed by atoms with E-state index in [0.29, 0.717) is 18.1 Å². The third-order valence-electron chi connectivity index (χ3n) is 3.45. The standard InChI is InChI=1S/C18H27N5O3/c1-12(21-17(24)26-18(2,3)4)15(16-20-11-23(5)22-16)25-10-13-7-6-8-14(19)9-13/h6-9,11-12,15H,10,19H2,1-5H3,(H,21,24). The van der Waals surface area contributed by atoms with Crippen molar-refractivity contribution in [3.05, 3.63) is 42.0 Å². The van der Waals surface area contributed by atoms with E-state index in [1.165, 1.54) is 0 Å². The van der Waals surface area contributed by atoms with Crippen LogP contribution in [0.4, 0.5) is 10.5 Å². The number of nitrogens with one attached hydrogen (secondary N) is 1. The van der Waals surface area contributed by atoms with Gasteiger partial charge in [0.05, 0.1) is 12.6 Å². The first-order valence-electron chi connectivity index (χ1n) is 8.45. The van der Waals surface area contributed by atoms with Crippen molar-refractivity contribution in [3.63, 3.8) is 0 Å². The monoisotopic (exact) mass is 361 g/mol. The maximum atomic E-state index is 12.1. The summed E-state index contributed by atoms with van der Waals surface area (Å²) in [6.07, 6.45) is 0.537. The third-order valence-corrected chi connectivity index (χ3v) is 3.45. The van der Waals surface area contributed by atoms with Crippen molar-refractivity contribution in [2.45, 2.75) is 52.0 Å². The summed E-state index contributed by atoms with van der Waals surface area (Å²) in [5, 5.41) is 7.10. The van der Waals surface area contributed by atoms with Gasteiger partial charge < -0.3 is 20.5 Å². The highest BCUT2D eigenvalue weighted by Crippen LogP contribution is 2.21. The first-order valence-corrected chi connectivity index (χ1v) is 8.45. The zero-order valence-corrected chi connectivity index (χ0v) is 15.9. The number of alkyl carbamates (subject to hydrolysis) is 1. The molecule has 8 nitrogen and oxygen atoms in total. The van der Waals surface area contributed by atoms with Gasteiger partial charge in [0.25, 0.3) is 0 Å². The van der Waals surface area contributed by atoms with E-state index in [9.17, 15) is 4.79 Å². The molecule has 3 N–H and O–H groups in total. The van der Waals surface area contributed by atoms with Crippen LogP contribution >= 0.6 is 0 Å². The molecule has 26 heavy (non-hydrogen) atoms. The lowest BCUT2D eigenvalue weighted by molar-refractivity contribution is 0.00369. The van der Waals surface area contributed by atoms with Crippen molar-refractivity contribution < 1.29 is 14.3 Å². The predicted octanol–water partition coefficient (Wildman–Crippen LogP) is 2.57. The fraction of sp³-hybridized carbons (Fsp3) is 0.500. The van der Waals surface area contributed by atoms with Gasteiger partial charge in [0.2, 0.25) is 0 Å². The molecule has 0 aliphatic rings. The van der Waals surface area contributed by atoms with E-state index < -0.39 is 23.8 Å². The van der Waals surface area contributed by atoms with Crippen LogP contribution in [0.25, 0.3) is 0 Å². The van der Waals surface area contributed by atoms with Crippen molar-refractivity contribution in [2.75, 3.05) is 5.73 Å². The summed E-state index contributed by atoms with van der Waals surface area (Å²) in [7, 11) is 1.78. The Hall–Kier alpha value is -2.61. The summed E-state index contributed by atoms with van der Waals surface area (Å²) in [4.78, 5) is 16.3. The molecule has 0 bridgehead atoms. The second kappa shape index (κ2) is 8.18. The van der Waals surface area contributed by atoms with E-state index >= 15 is 0 Å². The molecule has 0 fully saturated rings. The van der Waals surface area contributed by atoms with Crippen molar-refractivity contribution >= 4 is 11.8 Å². The number of nitrogen functional groups attached to an aromatic ring is 1. The van der Waals surface area contributed by atoms with Crippen molar-refractivity contribution in [3.8, 4) is 0 Å². The molecule has 0 spiro atoms. The molecule has 1 aromatic heterocycles. The largest absolute Gasteiger partial charge is 0.444 e. The van der Waals surface area contributed by atoms with Crippen LogP contribution in [-0.4, -0.2) is 32.5 Å². The van der Waals surface area contributed by atoms with Crippen LogP contribution in [0.2, 0.25) is 0 Å². The van der Waals surface area contributed by atoms with E-state index in [1.807, 2.05) is 52.0 Å². The van der Waals surface area contributed by atoms with Gasteiger partial charge in [-0.2, -0.15) is 5.10 Å². The van der Waals surface area contributed by atoms with Crippen LogP contribution in [0.15, 0.2) is 30.6 Å². The second-order valence-electron chi connectivity index (χ2n) is 7.19. The van der Waals surface area contributed by atoms with E-state index in [1.54, 1.807) is 18.1 Å². The summed E-state index contributed by atoms with van der Waals surface area (Å²) in [6, 6.07) is 7.05. The molecule has 0 radical (unpaired) electrons. The molecule has 2 atom stereocenters.